The van der Waals surface area contributed by atoms with E-state index in [1.807, 2.05) is 12.1 Å². The minimum absolute atomic E-state index is 0.0231. The summed E-state index contributed by atoms with van der Waals surface area (Å²) in [6.45, 7) is 8.02. The molecule has 2 unspecified atom stereocenters. The number of fused-ring (bicyclic) bond motifs is 1. The fourth-order valence-electron chi connectivity index (χ4n) is 8.10. The first-order valence-electron chi connectivity index (χ1n) is 16.1. The van der Waals surface area contributed by atoms with Crippen LogP contribution in [0.5, 0.6) is 0 Å². The Morgan fingerprint density at radius 3 is 2.09 bits per heavy atom. The Labute approximate surface area is 258 Å². The molecule has 0 amide bonds. The third-order valence-electron chi connectivity index (χ3n) is 9.91. The highest BCUT2D eigenvalue weighted by atomic mass is 28.3. The van der Waals surface area contributed by atoms with Gasteiger partial charge in [-0.1, -0.05) is 112 Å². The number of hydrogen-bond donors (Lipinski definition) is 0. The van der Waals surface area contributed by atoms with Crippen LogP contribution in [0.15, 0.2) is 91.0 Å². The van der Waals surface area contributed by atoms with Gasteiger partial charge in [-0.15, -0.1) is 0 Å². The molecule has 6 rings (SSSR count). The molecule has 2 heterocycles. The Kier molecular flexibility index (Phi) is 9.20. The predicted octanol–water partition coefficient (Wildman–Crippen LogP) is 5.68. The number of rotatable bonds is 9. The maximum atomic E-state index is 13.4. The highest BCUT2D eigenvalue weighted by Crippen LogP contribution is 2.61. The summed E-state index contributed by atoms with van der Waals surface area (Å²) < 4.78 is 26.3. The first-order chi connectivity index (χ1) is 20.8. The third kappa shape index (κ3) is 6.68. The highest BCUT2D eigenvalue weighted by molar-refractivity contribution is 6.80. The van der Waals surface area contributed by atoms with Gasteiger partial charge in [0.1, 0.15) is 6.10 Å². The van der Waals surface area contributed by atoms with Crippen molar-refractivity contribution in [2.45, 2.75) is 77.8 Å². The summed E-state index contributed by atoms with van der Waals surface area (Å²) in [6, 6.07) is 31.8. The van der Waals surface area contributed by atoms with Gasteiger partial charge < -0.3 is 18.6 Å². The van der Waals surface area contributed by atoms with Crippen LogP contribution in [0.2, 0.25) is 0 Å². The van der Waals surface area contributed by atoms with Gasteiger partial charge in [-0.05, 0) is 65.3 Å². The minimum Gasteiger partial charge on any atom is -0.459 e. The number of esters is 1. The first-order valence-corrected chi connectivity index (χ1v) is 17.7. The van der Waals surface area contributed by atoms with Gasteiger partial charge in [0.05, 0.1) is 12.7 Å². The van der Waals surface area contributed by atoms with E-state index in [2.05, 4.69) is 99.6 Å². The van der Waals surface area contributed by atoms with Crippen molar-refractivity contribution < 1.29 is 23.4 Å². The molecule has 5 nitrogen and oxygen atoms in total. The summed E-state index contributed by atoms with van der Waals surface area (Å²) in [5.41, 5.74) is 0.896. The number of benzene rings is 3. The van der Waals surface area contributed by atoms with Gasteiger partial charge in [-0.25, -0.2) is 0 Å². The van der Waals surface area contributed by atoms with Crippen LogP contribution in [0.4, 0.5) is 0 Å². The van der Waals surface area contributed by atoms with Crippen molar-refractivity contribution in [1.82, 2.24) is 0 Å². The van der Waals surface area contributed by atoms with E-state index in [0.717, 1.165) is 38.7 Å². The summed E-state index contributed by atoms with van der Waals surface area (Å²) >= 11 is 0. The largest absolute Gasteiger partial charge is 0.459 e. The SMILES string of the molecule is CC(C)(C)[C@@H]1[C@H]2CC(=O)OC(CO[SiH](c3ccccc3)c3ccccc3)[C@@]2(Cc2ccccc2)C[C@H]1OC1CCCCO1. The Morgan fingerprint density at radius 2 is 1.51 bits per heavy atom. The zero-order valence-corrected chi connectivity index (χ0v) is 27.0. The molecule has 3 aromatic rings. The number of carbonyl (C=O) groups is 1. The summed E-state index contributed by atoms with van der Waals surface area (Å²) in [4.78, 5) is 13.4. The molecule has 3 aliphatic rings. The molecule has 3 fully saturated rings. The maximum absolute atomic E-state index is 13.4. The van der Waals surface area contributed by atoms with Gasteiger partial charge in [-0.2, -0.15) is 0 Å². The second-order valence-electron chi connectivity index (χ2n) is 13.8. The molecule has 2 aliphatic heterocycles. The van der Waals surface area contributed by atoms with Crippen molar-refractivity contribution in [3.63, 3.8) is 0 Å². The Morgan fingerprint density at radius 1 is 0.884 bits per heavy atom. The molecule has 228 valence electrons. The van der Waals surface area contributed by atoms with Crippen molar-refractivity contribution in [1.29, 1.82) is 0 Å². The lowest BCUT2D eigenvalue weighted by Crippen LogP contribution is -2.54. The van der Waals surface area contributed by atoms with Crippen molar-refractivity contribution >= 4 is 25.4 Å². The normalized spacial score (nSPS) is 29.3. The second kappa shape index (κ2) is 13.1. The van der Waals surface area contributed by atoms with Gasteiger partial charge in [-0.3, -0.25) is 4.79 Å². The van der Waals surface area contributed by atoms with E-state index in [1.54, 1.807) is 0 Å². The van der Waals surface area contributed by atoms with E-state index in [4.69, 9.17) is 18.6 Å². The van der Waals surface area contributed by atoms with Crippen LogP contribution in [-0.2, 0) is 29.9 Å². The zero-order chi connectivity index (χ0) is 29.9. The van der Waals surface area contributed by atoms with Crippen molar-refractivity contribution in [3.8, 4) is 0 Å². The lowest BCUT2D eigenvalue weighted by atomic mass is 9.61. The van der Waals surface area contributed by atoms with Crippen molar-refractivity contribution in [2.24, 2.45) is 22.7 Å². The average Bonchev–Trinajstić information content (AvgIpc) is 3.33. The molecular formula is C37H46O5Si. The fourth-order valence-corrected chi connectivity index (χ4v) is 10.4. The highest BCUT2D eigenvalue weighted by Gasteiger charge is 2.64. The first kappa shape index (κ1) is 30.3. The molecule has 0 bridgehead atoms. The van der Waals surface area contributed by atoms with Crippen LogP contribution in [0.1, 0.15) is 58.4 Å². The molecule has 1 saturated carbocycles. The topological polar surface area (TPSA) is 54.0 Å². The van der Waals surface area contributed by atoms with E-state index < -0.39 is 9.04 Å². The average molecular weight is 599 g/mol. The molecule has 6 atom stereocenters. The van der Waals surface area contributed by atoms with Crippen LogP contribution >= 0.6 is 0 Å². The smallest absolute Gasteiger partial charge is 0.306 e. The zero-order valence-electron chi connectivity index (χ0n) is 25.8. The molecule has 43 heavy (non-hydrogen) atoms. The fraction of sp³-hybridized carbons (Fsp3) is 0.486. The number of hydrogen-bond acceptors (Lipinski definition) is 5. The quantitative estimate of drug-likeness (QED) is 0.234. The maximum Gasteiger partial charge on any atom is 0.306 e. The lowest BCUT2D eigenvalue weighted by molar-refractivity contribution is -0.202. The number of carbonyl (C=O) groups excluding carboxylic acids is 1. The van der Waals surface area contributed by atoms with Crippen LogP contribution in [0.25, 0.3) is 0 Å². The Bertz CT molecular complexity index is 1280. The van der Waals surface area contributed by atoms with Crippen molar-refractivity contribution in [3.05, 3.63) is 96.6 Å². The van der Waals surface area contributed by atoms with Gasteiger partial charge in [0.25, 0.3) is 0 Å². The van der Waals surface area contributed by atoms with Gasteiger partial charge in [0.15, 0.2) is 6.29 Å². The predicted molar refractivity (Wildman–Crippen MR) is 172 cm³/mol. The number of ether oxygens (including phenoxy) is 3. The van der Waals surface area contributed by atoms with Crippen LogP contribution < -0.4 is 10.4 Å². The van der Waals surface area contributed by atoms with Crippen LogP contribution in [0.3, 0.4) is 0 Å². The Hall–Kier alpha value is -2.77. The van der Waals surface area contributed by atoms with E-state index in [-0.39, 0.29) is 47.1 Å². The third-order valence-corrected chi connectivity index (χ3v) is 12.4. The molecule has 3 aromatic carbocycles. The summed E-state index contributed by atoms with van der Waals surface area (Å²) in [5, 5.41) is 2.44. The molecule has 2 saturated heterocycles. The van der Waals surface area contributed by atoms with E-state index in [9.17, 15) is 4.79 Å². The van der Waals surface area contributed by atoms with Gasteiger partial charge >= 0.3 is 5.97 Å². The standard InChI is InChI=1S/C37H46O5Si/c1-36(2,3)35-30-23-33(38)42-32(26-40-43(28-17-9-5-10-18-28)29-19-11-6-12-20-29)37(30,24-27-15-7-4-8-16-27)25-31(35)41-34-21-13-14-22-39-34/h4-12,15-20,30-32,34-35,43H,13-14,21-26H2,1-3H3/t30-,31-,32?,34?,35-,37+/m1/s1. The second-order valence-corrected chi connectivity index (χ2v) is 16.2. The van der Waals surface area contributed by atoms with Gasteiger partial charge in [0, 0.05) is 18.4 Å². The van der Waals surface area contributed by atoms with E-state index in [1.165, 1.54) is 15.9 Å². The molecule has 1 aliphatic carbocycles. The van der Waals surface area contributed by atoms with E-state index >= 15 is 0 Å². The van der Waals surface area contributed by atoms with Gasteiger partial charge in [0.2, 0.25) is 9.04 Å². The summed E-state index contributed by atoms with van der Waals surface area (Å²) in [6.07, 6.45) is 4.61. The molecule has 0 radical (unpaired) electrons. The molecule has 0 N–H and O–H groups in total. The van der Waals surface area contributed by atoms with Crippen molar-refractivity contribution in [2.75, 3.05) is 13.2 Å². The minimum atomic E-state index is -2.03. The molecule has 6 heteroatoms. The number of cyclic esters (lactones) is 1. The lowest BCUT2D eigenvalue weighted by Gasteiger charge is -2.48. The Balaban J connectivity index is 1.37. The summed E-state index contributed by atoms with van der Waals surface area (Å²) in [5.74, 6) is 0.182. The molecule has 0 spiro atoms. The van der Waals surface area contributed by atoms with E-state index in [0.29, 0.717) is 13.0 Å². The monoisotopic (exact) mass is 598 g/mol. The van der Waals surface area contributed by atoms with Crippen LogP contribution in [0, 0.1) is 22.7 Å². The summed E-state index contributed by atoms with van der Waals surface area (Å²) in [7, 11) is -2.03. The van der Waals surface area contributed by atoms with Crippen LogP contribution in [-0.4, -0.2) is 46.7 Å². The molecular weight excluding hydrogens is 552 g/mol. The molecule has 0 aromatic heterocycles.